The van der Waals surface area contributed by atoms with Crippen LogP contribution in [0.2, 0.25) is 0 Å². The summed E-state index contributed by atoms with van der Waals surface area (Å²) < 4.78 is 10.5. The van der Waals surface area contributed by atoms with Crippen molar-refractivity contribution in [1.82, 2.24) is 4.98 Å². The van der Waals surface area contributed by atoms with E-state index in [9.17, 15) is 4.79 Å². The number of hydrogen-bond acceptors (Lipinski definition) is 5. The molecule has 1 aliphatic heterocycles. The van der Waals surface area contributed by atoms with Crippen LogP contribution in [-0.4, -0.2) is 17.6 Å². The molecule has 0 atom stereocenters. The van der Waals surface area contributed by atoms with Crippen LogP contribution in [-0.2, 0) is 0 Å². The molecule has 2 heterocycles. The summed E-state index contributed by atoms with van der Waals surface area (Å²) in [5.41, 5.74) is 1.72. The Hall–Kier alpha value is -1.88. The van der Waals surface area contributed by atoms with Gasteiger partial charge in [0.15, 0.2) is 22.3 Å². The van der Waals surface area contributed by atoms with Gasteiger partial charge in [0.2, 0.25) is 6.79 Å². The number of carbonyl (C=O) groups is 1. The molecule has 1 aromatic carbocycles. The molecule has 0 unspecified atom stereocenters. The second kappa shape index (κ2) is 3.85. The van der Waals surface area contributed by atoms with E-state index in [2.05, 4.69) is 4.98 Å². The van der Waals surface area contributed by atoms with E-state index in [-0.39, 0.29) is 12.6 Å². The zero-order chi connectivity index (χ0) is 11.8. The summed E-state index contributed by atoms with van der Waals surface area (Å²) in [4.78, 5) is 15.5. The highest BCUT2D eigenvalue weighted by Crippen LogP contribution is 2.36. The zero-order valence-corrected chi connectivity index (χ0v) is 9.91. The quantitative estimate of drug-likeness (QED) is 0.765. The fourth-order valence-corrected chi connectivity index (χ4v) is 2.35. The number of thiazole rings is 1. The summed E-state index contributed by atoms with van der Waals surface area (Å²) in [7, 11) is 0. The van der Waals surface area contributed by atoms with Crippen molar-refractivity contribution in [2.45, 2.75) is 6.92 Å². The minimum absolute atomic E-state index is 0.0120. The van der Waals surface area contributed by atoms with Gasteiger partial charge in [-0.1, -0.05) is 0 Å². The van der Waals surface area contributed by atoms with Gasteiger partial charge in [-0.3, -0.25) is 4.79 Å². The second-order valence-corrected chi connectivity index (χ2v) is 4.52. The molecule has 86 valence electrons. The third-order valence-electron chi connectivity index (χ3n) is 2.47. The Morgan fingerprint density at radius 1 is 1.35 bits per heavy atom. The molecule has 4 nitrogen and oxygen atoms in total. The lowest BCUT2D eigenvalue weighted by Crippen LogP contribution is -1.92. The second-order valence-electron chi connectivity index (χ2n) is 3.66. The largest absolute Gasteiger partial charge is 0.454 e. The molecule has 0 spiro atoms. The maximum atomic E-state index is 11.2. The van der Waals surface area contributed by atoms with Crippen LogP contribution >= 0.6 is 11.3 Å². The van der Waals surface area contributed by atoms with Crippen LogP contribution in [0.3, 0.4) is 0 Å². The number of rotatable bonds is 2. The third-order valence-corrected chi connectivity index (χ3v) is 3.42. The van der Waals surface area contributed by atoms with Crippen LogP contribution in [0.5, 0.6) is 11.5 Å². The maximum absolute atomic E-state index is 11.2. The number of ether oxygens (including phenoxy) is 2. The van der Waals surface area contributed by atoms with Crippen LogP contribution in [0, 0.1) is 0 Å². The molecule has 0 radical (unpaired) electrons. The fraction of sp³-hybridized carbons (Fsp3) is 0.167. The Bertz CT molecular complexity index is 591. The number of aromatic nitrogens is 1. The predicted octanol–water partition coefficient (Wildman–Crippen LogP) is 2.74. The Morgan fingerprint density at radius 3 is 2.94 bits per heavy atom. The van der Waals surface area contributed by atoms with Gasteiger partial charge in [-0.15, -0.1) is 11.3 Å². The molecule has 0 N–H and O–H groups in total. The topological polar surface area (TPSA) is 48.4 Å². The van der Waals surface area contributed by atoms with Gasteiger partial charge in [-0.25, -0.2) is 4.98 Å². The zero-order valence-electron chi connectivity index (χ0n) is 9.10. The molecule has 5 heteroatoms. The molecule has 3 rings (SSSR count). The molecule has 17 heavy (non-hydrogen) atoms. The fourth-order valence-electron chi connectivity index (χ4n) is 1.62. The van der Waals surface area contributed by atoms with E-state index in [0.29, 0.717) is 5.01 Å². The van der Waals surface area contributed by atoms with Gasteiger partial charge in [0.1, 0.15) is 0 Å². The Balaban J connectivity index is 2.00. The van der Waals surface area contributed by atoms with Gasteiger partial charge in [-0.05, 0) is 18.2 Å². The van der Waals surface area contributed by atoms with Crippen LogP contribution in [0.25, 0.3) is 11.3 Å². The maximum Gasteiger partial charge on any atom is 0.231 e. The summed E-state index contributed by atoms with van der Waals surface area (Å²) in [6.45, 7) is 1.77. The van der Waals surface area contributed by atoms with E-state index in [1.807, 2.05) is 23.6 Å². The highest BCUT2D eigenvalue weighted by Gasteiger charge is 2.15. The van der Waals surface area contributed by atoms with Crippen LogP contribution < -0.4 is 9.47 Å². The summed E-state index contributed by atoms with van der Waals surface area (Å²) in [5.74, 6) is 1.46. The number of benzene rings is 1. The molecule has 0 saturated carbocycles. The summed E-state index contributed by atoms with van der Waals surface area (Å²) in [5, 5.41) is 2.39. The molecule has 0 amide bonds. The molecule has 0 bridgehead atoms. The molecular formula is C12H9NO3S. The van der Waals surface area contributed by atoms with Gasteiger partial charge in [0.05, 0.1) is 5.69 Å². The van der Waals surface area contributed by atoms with Crippen molar-refractivity contribution in [2.75, 3.05) is 6.79 Å². The average molecular weight is 247 g/mol. The van der Waals surface area contributed by atoms with Crippen molar-refractivity contribution in [3.63, 3.8) is 0 Å². The van der Waals surface area contributed by atoms with Gasteiger partial charge in [0.25, 0.3) is 0 Å². The Morgan fingerprint density at radius 2 is 2.18 bits per heavy atom. The van der Waals surface area contributed by atoms with Crippen LogP contribution in [0.1, 0.15) is 16.7 Å². The predicted molar refractivity (Wildman–Crippen MR) is 63.7 cm³/mol. The lowest BCUT2D eigenvalue weighted by Gasteiger charge is -1.99. The summed E-state index contributed by atoms with van der Waals surface area (Å²) >= 11 is 1.35. The standard InChI is InChI=1S/C12H9NO3S/c1-7(14)12-13-9(5-17-12)8-2-3-10-11(4-8)16-6-15-10/h2-5H,6H2,1H3. The average Bonchev–Trinajstić information content (AvgIpc) is 2.97. The van der Waals surface area contributed by atoms with Crippen molar-refractivity contribution in [1.29, 1.82) is 0 Å². The first-order valence-corrected chi connectivity index (χ1v) is 5.98. The van der Waals surface area contributed by atoms with Gasteiger partial charge >= 0.3 is 0 Å². The van der Waals surface area contributed by atoms with E-state index in [1.54, 1.807) is 0 Å². The summed E-state index contributed by atoms with van der Waals surface area (Å²) in [6.07, 6.45) is 0. The number of ketones is 1. The van der Waals surface area contributed by atoms with Crippen molar-refractivity contribution in [2.24, 2.45) is 0 Å². The van der Waals surface area contributed by atoms with Crippen LogP contribution in [0.4, 0.5) is 0 Å². The van der Waals surface area contributed by atoms with Crippen molar-refractivity contribution >= 4 is 17.1 Å². The SMILES string of the molecule is CC(=O)c1nc(-c2ccc3c(c2)OCO3)cs1. The van der Waals surface area contributed by atoms with Gasteiger partial charge in [0, 0.05) is 17.9 Å². The monoisotopic (exact) mass is 247 g/mol. The van der Waals surface area contributed by atoms with Gasteiger partial charge < -0.3 is 9.47 Å². The Kier molecular flexibility index (Phi) is 2.33. The molecule has 1 aromatic heterocycles. The highest BCUT2D eigenvalue weighted by molar-refractivity contribution is 7.12. The minimum Gasteiger partial charge on any atom is -0.454 e. The lowest BCUT2D eigenvalue weighted by atomic mass is 10.1. The number of hydrogen-bond donors (Lipinski definition) is 0. The Labute approximate surface area is 102 Å². The molecule has 1 aliphatic rings. The number of Topliss-reactive ketones (excluding diaryl/α,β-unsaturated/α-hetero) is 1. The first kappa shape index (κ1) is 10.3. The number of carbonyl (C=O) groups excluding carboxylic acids is 1. The first-order chi connectivity index (χ1) is 8.24. The highest BCUT2D eigenvalue weighted by atomic mass is 32.1. The van der Waals surface area contributed by atoms with E-state index >= 15 is 0 Å². The number of fused-ring (bicyclic) bond motifs is 1. The molecule has 0 aliphatic carbocycles. The lowest BCUT2D eigenvalue weighted by molar-refractivity contribution is 0.101. The smallest absolute Gasteiger partial charge is 0.231 e. The molecule has 0 saturated heterocycles. The van der Waals surface area contributed by atoms with Gasteiger partial charge in [-0.2, -0.15) is 0 Å². The molecular weight excluding hydrogens is 238 g/mol. The minimum atomic E-state index is -0.0120. The van der Waals surface area contributed by atoms with Crippen molar-refractivity contribution in [3.05, 3.63) is 28.6 Å². The number of nitrogens with zero attached hydrogens (tertiary/aromatic N) is 1. The first-order valence-electron chi connectivity index (χ1n) is 5.10. The summed E-state index contributed by atoms with van der Waals surface area (Å²) in [6, 6.07) is 5.64. The normalized spacial score (nSPS) is 12.8. The van der Waals surface area contributed by atoms with E-state index in [4.69, 9.17) is 9.47 Å². The molecule has 0 fully saturated rings. The van der Waals surface area contributed by atoms with Crippen LogP contribution in [0.15, 0.2) is 23.6 Å². The van der Waals surface area contributed by atoms with Crippen molar-refractivity contribution in [3.8, 4) is 22.8 Å². The van der Waals surface area contributed by atoms with E-state index in [1.165, 1.54) is 18.3 Å². The molecule has 2 aromatic rings. The van der Waals surface area contributed by atoms with Crippen molar-refractivity contribution < 1.29 is 14.3 Å². The third kappa shape index (κ3) is 1.78. The van der Waals surface area contributed by atoms with E-state index < -0.39 is 0 Å². The van der Waals surface area contributed by atoms with E-state index in [0.717, 1.165) is 22.8 Å².